The van der Waals surface area contributed by atoms with Crippen molar-refractivity contribution in [1.29, 1.82) is 0 Å². The highest BCUT2D eigenvalue weighted by Crippen LogP contribution is 2.34. The van der Waals surface area contributed by atoms with Crippen LogP contribution in [0, 0.1) is 0 Å². The molecule has 1 heterocycles. The van der Waals surface area contributed by atoms with Crippen molar-refractivity contribution >= 4 is 17.8 Å². The Kier molecular flexibility index (Phi) is 6.86. The van der Waals surface area contributed by atoms with Crippen molar-refractivity contribution in [3.05, 3.63) is 17.7 Å². The summed E-state index contributed by atoms with van der Waals surface area (Å²) in [6, 6.07) is 2.24. The molecule has 148 valence electrons. The second-order valence-corrected chi connectivity index (χ2v) is 5.98. The molecule has 1 aliphatic heterocycles. The summed E-state index contributed by atoms with van der Waals surface area (Å²) in [7, 11) is 4.29. The minimum atomic E-state index is -0.756. The number of esters is 1. The predicted octanol–water partition coefficient (Wildman–Crippen LogP) is 0.736. The van der Waals surface area contributed by atoms with Crippen molar-refractivity contribution < 1.29 is 33.3 Å². The van der Waals surface area contributed by atoms with Crippen LogP contribution in [0.3, 0.4) is 0 Å². The second-order valence-electron chi connectivity index (χ2n) is 5.98. The number of likely N-dealkylation sites (tertiary alicyclic amines) is 1. The number of rotatable bonds is 7. The van der Waals surface area contributed by atoms with Gasteiger partial charge in [0.05, 0.1) is 21.3 Å². The van der Waals surface area contributed by atoms with E-state index >= 15 is 0 Å². The average molecular weight is 380 g/mol. The molecule has 2 amide bonds. The number of primary amides is 1. The molecule has 1 aliphatic rings. The zero-order valence-electron chi connectivity index (χ0n) is 15.6. The zero-order valence-corrected chi connectivity index (χ0v) is 15.6. The Labute approximate surface area is 157 Å². The van der Waals surface area contributed by atoms with E-state index in [0.29, 0.717) is 24.5 Å². The maximum absolute atomic E-state index is 12.4. The fraction of sp³-hybridized carbons (Fsp3) is 0.500. The maximum atomic E-state index is 12.4. The number of hydrogen-bond acceptors (Lipinski definition) is 7. The van der Waals surface area contributed by atoms with E-state index in [1.807, 2.05) is 0 Å². The van der Waals surface area contributed by atoms with E-state index in [1.165, 1.54) is 38.4 Å². The molecular formula is C18H24N2O7. The van der Waals surface area contributed by atoms with E-state index < -0.39 is 30.4 Å². The summed E-state index contributed by atoms with van der Waals surface area (Å²) in [5, 5.41) is 0. The molecule has 1 fully saturated rings. The highest BCUT2D eigenvalue weighted by Gasteiger charge is 2.31. The number of nitrogens with zero attached hydrogens (tertiary/aromatic N) is 1. The molecule has 2 rings (SSSR count). The van der Waals surface area contributed by atoms with E-state index in [9.17, 15) is 14.4 Å². The number of benzene rings is 1. The lowest BCUT2D eigenvalue weighted by Gasteiger charge is -2.33. The summed E-state index contributed by atoms with van der Waals surface area (Å²) in [5.41, 5.74) is 5.45. The van der Waals surface area contributed by atoms with Crippen LogP contribution in [0.5, 0.6) is 17.2 Å². The van der Waals surface area contributed by atoms with Crippen molar-refractivity contribution in [1.82, 2.24) is 4.90 Å². The molecule has 0 unspecified atom stereocenters. The molecule has 27 heavy (non-hydrogen) atoms. The van der Waals surface area contributed by atoms with Crippen LogP contribution in [0.4, 0.5) is 0 Å². The van der Waals surface area contributed by atoms with Crippen molar-refractivity contribution in [2.45, 2.75) is 25.3 Å². The van der Waals surface area contributed by atoms with Gasteiger partial charge in [-0.3, -0.25) is 9.59 Å². The second kappa shape index (κ2) is 9.11. The van der Waals surface area contributed by atoms with E-state index in [-0.39, 0.29) is 11.3 Å². The van der Waals surface area contributed by atoms with Gasteiger partial charge in [-0.05, 0) is 19.3 Å². The minimum absolute atomic E-state index is 0.0908. The minimum Gasteiger partial charge on any atom is -0.496 e. The number of amides is 2. The smallest absolute Gasteiger partial charge is 0.342 e. The first kappa shape index (κ1) is 20.3. The monoisotopic (exact) mass is 380 g/mol. The third-order valence-corrected chi connectivity index (χ3v) is 4.40. The third kappa shape index (κ3) is 4.60. The van der Waals surface area contributed by atoms with Gasteiger partial charge < -0.3 is 29.6 Å². The Bertz CT molecular complexity index is 720. The molecule has 0 bridgehead atoms. The number of hydrogen-bond donors (Lipinski definition) is 1. The van der Waals surface area contributed by atoms with Crippen LogP contribution in [0.15, 0.2) is 12.1 Å². The highest BCUT2D eigenvalue weighted by molar-refractivity contribution is 5.95. The van der Waals surface area contributed by atoms with Gasteiger partial charge in [-0.15, -0.1) is 0 Å². The molecule has 9 nitrogen and oxygen atoms in total. The Balaban J connectivity index is 2.10. The van der Waals surface area contributed by atoms with Gasteiger partial charge in [0, 0.05) is 18.7 Å². The van der Waals surface area contributed by atoms with Gasteiger partial charge in [-0.2, -0.15) is 0 Å². The van der Waals surface area contributed by atoms with Crippen molar-refractivity contribution in [2.75, 3.05) is 34.5 Å². The van der Waals surface area contributed by atoms with Crippen molar-refractivity contribution in [3.8, 4) is 17.2 Å². The van der Waals surface area contributed by atoms with Crippen LogP contribution in [-0.2, 0) is 14.3 Å². The molecule has 1 saturated heterocycles. The molecule has 1 aromatic carbocycles. The standard InChI is InChI=1S/C18H24N2O7/c1-24-13-9-15(26-3)14(25-2)8-11(13)18(23)27-10-16(21)20-7-5-4-6-12(20)17(19)22/h8-9,12H,4-7,10H2,1-3H3,(H2,19,22)/t12-/m0/s1. The number of ether oxygens (including phenoxy) is 4. The van der Waals surface area contributed by atoms with Crippen LogP contribution in [-0.4, -0.2) is 63.2 Å². The van der Waals surface area contributed by atoms with Crippen molar-refractivity contribution in [3.63, 3.8) is 0 Å². The SMILES string of the molecule is COc1cc(OC)c(C(=O)OCC(=O)N2CCCC[C@H]2C(N)=O)cc1OC. The number of methoxy groups -OCH3 is 3. The number of carbonyl (C=O) groups is 3. The molecule has 0 aromatic heterocycles. The highest BCUT2D eigenvalue weighted by atomic mass is 16.5. The molecule has 2 N–H and O–H groups in total. The van der Waals surface area contributed by atoms with Crippen LogP contribution in [0.1, 0.15) is 29.6 Å². The topological polar surface area (TPSA) is 117 Å². The summed E-state index contributed by atoms with van der Waals surface area (Å²) in [6.45, 7) is -0.0935. The number of piperidine rings is 1. The van der Waals surface area contributed by atoms with Gasteiger partial charge in [0.15, 0.2) is 18.1 Å². The van der Waals surface area contributed by atoms with Gasteiger partial charge in [-0.25, -0.2) is 4.79 Å². The van der Waals surface area contributed by atoms with E-state index in [4.69, 9.17) is 24.7 Å². The quantitative estimate of drug-likeness (QED) is 0.693. The molecular weight excluding hydrogens is 356 g/mol. The van der Waals surface area contributed by atoms with E-state index in [0.717, 1.165) is 12.8 Å². The van der Waals surface area contributed by atoms with Crippen LogP contribution in [0.2, 0.25) is 0 Å². The molecule has 9 heteroatoms. The number of nitrogens with two attached hydrogens (primary N) is 1. The first-order chi connectivity index (χ1) is 12.9. The normalized spacial score (nSPS) is 16.4. The van der Waals surface area contributed by atoms with Gasteiger partial charge >= 0.3 is 5.97 Å². The predicted molar refractivity (Wildman–Crippen MR) is 94.9 cm³/mol. The summed E-state index contributed by atoms with van der Waals surface area (Å²) in [4.78, 5) is 37.7. The average Bonchev–Trinajstić information content (AvgIpc) is 2.70. The Morgan fingerprint density at radius 3 is 2.26 bits per heavy atom. The lowest BCUT2D eigenvalue weighted by Crippen LogP contribution is -2.51. The zero-order chi connectivity index (χ0) is 20.0. The molecule has 0 spiro atoms. The van der Waals surface area contributed by atoms with Crippen LogP contribution >= 0.6 is 0 Å². The molecule has 1 atom stereocenters. The summed E-state index contributed by atoms with van der Waals surface area (Å²) >= 11 is 0. The molecule has 1 aromatic rings. The molecule has 0 saturated carbocycles. The van der Waals surface area contributed by atoms with Gasteiger partial charge in [-0.1, -0.05) is 0 Å². The Morgan fingerprint density at radius 1 is 1.04 bits per heavy atom. The van der Waals surface area contributed by atoms with E-state index in [2.05, 4.69) is 0 Å². The fourth-order valence-electron chi connectivity index (χ4n) is 3.00. The van der Waals surface area contributed by atoms with E-state index in [1.54, 1.807) is 0 Å². The van der Waals surface area contributed by atoms with Gasteiger partial charge in [0.1, 0.15) is 17.4 Å². The molecule has 0 radical (unpaired) electrons. The Hall–Kier alpha value is -2.97. The lowest BCUT2D eigenvalue weighted by molar-refractivity contribution is -0.143. The lowest BCUT2D eigenvalue weighted by atomic mass is 10.0. The van der Waals surface area contributed by atoms with Crippen molar-refractivity contribution in [2.24, 2.45) is 5.73 Å². The largest absolute Gasteiger partial charge is 0.496 e. The summed E-state index contributed by atoms with van der Waals surface area (Å²) in [5.74, 6) is -0.852. The molecule has 0 aliphatic carbocycles. The van der Waals surface area contributed by atoms with Gasteiger partial charge in [0.25, 0.3) is 5.91 Å². The summed E-state index contributed by atoms with van der Waals surface area (Å²) < 4.78 is 20.7. The Morgan fingerprint density at radius 2 is 1.67 bits per heavy atom. The number of carbonyl (C=O) groups excluding carboxylic acids is 3. The maximum Gasteiger partial charge on any atom is 0.342 e. The van der Waals surface area contributed by atoms with Gasteiger partial charge in [0.2, 0.25) is 5.91 Å². The van der Waals surface area contributed by atoms with Crippen LogP contribution in [0.25, 0.3) is 0 Å². The first-order valence-corrected chi connectivity index (χ1v) is 8.48. The van der Waals surface area contributed by atoms with Crippen LogP contribution < -0.4 is 19.9 Å². The summed E-state index contributed by atoms with van der Waals surface area (Å²) in [6.07, 6.45) is 2.10. The first-order valence-electron chi connectivity index (χ1n) is 8.48. The fourth-order valence-corrected chi connectivity index (χ4v) is 3.00. The third-order valence-electron chi connectivity index (χ3n) is 4.40.